The van der Waals surface area contributed by atoms with E-state index in [0.29, 0.717) is 24.6 Å². The van der Waals surface area contributed by atoms with Crippen LogP contribution in [-0.4, -0.2) is 35.3 Å². The van der Waals surface area contributed by atoms with Gasteiger partial charge in [0.25, 0.3) is 0 Å². The summed E-state index contributed by atoms with van der Waals surface area (Å²) < 4.78 is 12.6. The molecule has 0 radical (unpaired) electrons. The summed E-state index contributed by atoms with van der Waals surface area (Å²) >= 11 is 0. The highest BCUT2D eigenvalue weighted by atomic mass is 16.5. The molecule has 0 saturated heterocycles. The SMILES string of the molecule is COc1cc(OC)cc(C(O)CNCc2cnc3c(C)cccn23)c1. The first-order valence-corrected chi connectivity index (χ1v) is 8.15. The van der Waals surface area contributed by atoms with Crippen molar-refractivity contribution in [3.63, 3.8) is 0 Å². The third-order valence-corrected chi connectivity index (χ3v) is 4.21. The predicted molar refractivity (Wildman–Crippen MR) is 96.1 cm³/mol. The Morgan fingerprint density at radius 2 is 1.92 bits per heavy atom. The van der Waals surface area contributed by atoms with Crippen LogP contribution in [0, 0.1) is 6.92 Å². The first-order chi connectivity index (χ1) is 12.1. The molecule has 0 amide bonds. The zero-order valence-corrected chi connectivity index (χ0v) is 14.7. The van der Waals surface area contributed by atoms with Crippen molar-refractivity contribution in [3.05, 3.63) is 59.5 Å². The number of nitrogens with zero attached hydrogens (tertiary/aromatic N) is 2. The largest absolute Gasteiger partial charge is 0.497 e. The maximum absolute atomic E-state index is 10.5. The Morgan fingerprint density at radius 3 is 2.60 bits per heavy atom. The topological polar surface area (TPSA) is 68.0 Å². The number of fused-ring (bicyclic) bond motifs is 1. The van der Waals surface area contributed by atoms with E-state index in [1.807, 2.05) is 43.6 Å². The second-order valence-electron chi connectivity index (χ2n) is 5.93. The van der Waals surface area contributed by atoms with E-state index in [-0.39, 0.29) is 0 Å². The van der Waals surface area contributed by atoms with Crippen LogP contribution in [0.3, 0.4) is 0 Å². The van der Waals surface area contributed by atoms with Gasteiger partial charge in [-0.1, -0.05) is 6.07 Å². The summed E-state index contributed by atoms with van der Waals surface area (Å²) in [7, 11) is 3.19. The number of nitrogens with one attached hydrogen (secondary N) is 1. The van der Waals surface area contributed by atoms with E-state index in [9.17, 15) is 5.11 Å². The highest BCUT2D eigenvalue weighted by Crippen LogP contribution is 2.26. The summed E-state index contributed by atoms with van der Waals surface area (Å²) in [5.41, 5.74) is 3.89. The lowest BCUT2D eigenvalue weighted by molar-refractivity contribution is 0.173. The van der Waals surface area contributed by atoms with Crippen molar-refractivity contribution in [1.29, 1.82) is 0 Å². The Morgan fingerprint density at radius 1 is 1.20 bits per heavy atom. The summed E-state index contributed by atoms with van der Waals surface area (Å²) in [6.45, 7) is 3.07. The summed E-state index contributed by atoms with van der Waals surface area (Å²) in [6, 6.07) is 9.45. The number of benzene rings is 1. The Labute approximate surface area is 147 Å². The van der Waals surface area contributed by atoms with Gasteiger partial charge in [-0.15, -0.1) is 0 Å². The van der Waals surface area contributed by atoms with Gasteiger partial charge in [-0.3, -0.25) is 0 Å². The molecule has 2 aromatic heterocycles. The summed E-state index contributed by atoms with van der Waals surface area (Å²) in [5, 5.41) is 13.7. The second kappa shape index (κ2) is 7.55. The van der Waals surface area contributed by atoms with Gasteiger partial charge in [0.05, 0.1) is 32.2 Å². The number of imidazole rings is 1. The molecule has 1 atom stereocenters. The number of pyridine rings is 1. The number of aliphatic hydroxyl groups is 1. The van der Waals surface area contributed by atoms with Crippen LogP contribution in [-0.2, 0) is 6.54 Å². The number of methoxy groups -OCH3 is 2. The number of hydrogen-bond acceptors (Lipinski definition) is 5. The van der Waals surface area contributed by atoms with Gasteiger partial charge >= 0.3 is 0 Å². The smallest absolute Gasteiger partial charge is 0.139 e. The molecule has 0 fully saturated rings. The summed E-state index contributed by atoms with van der Waals surface area (Å²) in [5.74, 6) is 1.32. The molecule has 3 rings (SSSR count). The van der Waals surface area contributed by atoms with Crippen molar-refractivity contribution in [2.75, 3.05) is 20.8 Å². The van der Waals surface area contributed by atoms with Gasteiger partial charge < -0.3 is 24.3 Å². The van der Waals surface area contributed by atoms with Crippen molar-refractivity contribution in [2.45, 2.75) is 19.6 Å². The molecular weight excluding hydrogens is 318 g/mol. The molecule has 3 aromatic rings. The maximum Gasteiger partial charge on any atom is 0.139 e. The Balaban J connectivity index is 1.66. The Kier molecular flexibility index (Phi) is 5.21. The molecule has 25 heavy (non-hydrogen) atoms. The molecule has 0 aliphatic rings. The van der Waals surface area contributed by atoms with E-state index in [1.165, 1.54) is 0 Å². The average molecular weight is 341 g/mol. The first kappa shape index (κ1) is 17.3. The van der Waals surface area contributed by atoms with Gasteiger partial charge in [-0.05, 0) is 36.2 Å². The van der Waals surface area contributed by atoms with Crippen LogP contribution < -0.4 is 14.8 Å². The summed E-state index contributed by atoms with van der Waals surface area (Å²) in [4.78, 5) is 4.45. The molecule has 0 aliphatic heterocycles. The number of aliphatic hydroxyl groups excluding tert-OH is 1. The van der Waals surface area contributed by atoms with Crippen molar-refractivity contribution in [1.82, 2.24) is 14.7 Å². The minimum Gasteiger partial charge on any atom is -0.497 e. The number of rotatable bonds is 7. The molecule has 0 spiro atoms. The normalized spacial score (nSPS) is 12.3. The van der Waals surface area contributed by atoms with Crippen LogP contribution >= 0.6 is 0 Å². The molecule has 0 aliphatic carbocycles. The molecule has 2 heterocycles. The number of ether oxygens (including phenoxy) is 2. The van der Waals surface area contributed by atoms with Crippen LogP contribution in [0.1, 0.15) is 22.9 Å². The molecule has 1 aromatic carbocycles. The van der Waals surface area contributed by atoms with E-state index in [1.54, 1.807) is 20.3 Å². The molecule has 6 heteroatoms. The molecule has 2 N–H and O–H groups in total. The number of aryl methyl sites for hydroxylation is 1. The van der Waals surface area contributed by atoms with Gasteiger partial charge in [-0.2, -0.15) is 0 Å². The molecule has 0 bridgehead atoms. The fourth-order valence-electron chi connectivity index (χ4n) is 2.81. The van der Waals surface area contributed by atoms with E-state index >= 15 is 0 Å². The third kappa shape index (κ3) is 3.75. The van der Waals surface area contributed by atoms with Crippen molar-refractivity contribution in [2.24, 2.45) is 0 Å². The monoisotopic (exact) mass is 341 g/mol. The van der Waals surface area contributed by atoms with Crippen molar-refractivity contribution < 1.29 is 14.6 Å². The van der Waals surface area contributed by atoms with Crippen LogP contribution in [0.5, 0.6) is 11.5 Å². The van der Waals surface area contributed by atoms with Gasteiger partial charge in [0.2, 0.25) is 0 Å². The summed E-state index contributed by atoms with van der Waals surface area (Å²) in [6.07, 6.45) is 3.19. The molecule has 0 saturated carbocycles. The lowest BCUT2D eigenvalue weighted by atomic mass is 10.1. The van der Waals surface area contributed by atoms with E-state index in [2.05, 4.69) is 14.7 Å². The standard InChI is InChI=1S/C19H23N3O3/c1-13-5-4-6-22-15(11-21-19(13)22)10-20-12-18(23)14-7-16(24-2)9-17(8-14)25-3/h4-9,11,18,20,23H,10,12H2,1-3H3. The Bertz CT molecular complexity index is 838. The molecule has 1 unspecified atom stereocenters. The van der Waals surface area contributed by atoms with Crippen molar-refractivity contribution in [3.8, 4) is 11.5 Å². The quantitative estimate of drug-likeness (QED) is 0.691. The highest BCUT2D eigenvalue weighted by Gasteiger charge is 2.12. The second-order valence-corrected chi connectivity index (χ2v) is 5.93. The van der Waals surface area contributed by atoms with Crippen LogP contribution in [0.15, 0.2) is 42.7 Å². The van der Waals surface area contributed by atoms with Gasteiger partial charge in [0, 0.05) is 25.4 Å². The molecule has 132 valence electrons. The fourth-order valence-corrected chi connectivity index (χ4v) is 2.81. The average Bonchev–Trinajstić information content (AvgIpc) is 3.05. The number of aromatic nitrogens is 2. The maximum atomic E-state index is 10.5. The van der Waals surface area contributed by atoms with Crippen LogP contribution in [0.25, 0.3) is 5.65 Å². The zero-order chi connectivity index (χ0) is 17.8. The van der Waals surface area contributed by atoms with Crippen LogP contribution in [0.2, 0.25) is 0 Å². The highest BCUT2D eigenvalue weighted by molar-refractivity contribution is 5.48. The van der Waals surface area contributed by atoms with Gasteiger partial charge in [-0.25, -0.2) is 4.98 Å². The Hall–Kier alpha value is -2.57. The minimum absolute atomic E-state index is 0.412. The molecule has 6 nitrogen and oxygen atoms in total. The lowest BCUT2D eigenvalue weighted by Gasteiger charge is -2.15. The van der Waals surface area contributed by atoms with Gasteiger partial charge in [0.15, 0.2) is 0 Å². The van der Waals surface area contributed by atoms with E-state index in [0.717, 1.165) is 22.5 Å². The third-order valence-electron chi connectivity index (χ3n) is 4.21. The molecular formula is C19H23N3O3. The van der Waals surface area contributed by atoms with E-state index in [4.69, 9.17) is 9.47 Å². The van der Waals surface area contributed by atoms with E-state index < -0.39 is 6.10 Å². The lowest BCUT2D eigenvalue weighted by Crippen LogP contribution is -2.21. The van der Waals surface area contributed by atoms with Crippen molar-refractivity contribution >= 4 is 5.65 Å². The predicted octanol–water partition coefficient (Wildman–Crippen LogP) is 2.48. The first-order valence-electron chi connectivity index (χ1n) is 8.15. The van der Waals surface area contributed by atoms with Crippen LogP contribution in [0.4, 0.5) is 0 Å². The fraction of sp³-hybridized carbons (Fsp3) is 0.316. The number of hydrogen-bond donors (Lipinski definition) is 2. The van der Waals surface area contributed by atoms with Gasteiger partial charge in [0.1, 0.15) is 17.1 Å². The minimum atomic E-state index is -0.662. The zero-order valence-electron chi connectivity index (χ0n) is 14.7.